The van der Waals surface area contributed by atoms with Crippen molar-refractivity contribution in [2.75, 3.05) is 0 Å². The summed E-state index contributed by atoms with van der Waals surface area (Å²) in [5, 5.41) is 20.3. The van der Waals surface area contributed by atoms with Crippen LogP contribution in [0.15, 0.2) is 84.5 Å². The molecule has 5 rings (SSSR count). The molecule has 142 valence electrons. The molecule has 0 fully saturated rings. The van der Waals surface area contributed by atoms with Crippen molar-refractivity contribution in [1.82, 2.24) is 0 Å². The first-order chi connectivity index (χ1) is 14.0. The maximum atomic E-state index is 10.1. The number of benzene rings is 3. The normalized spacial score (nSPS) is 16.1. The third-order valence-electron chi connectivity index (χ3n) is 6.18. The minimum Gasteiger partial charge on any atom is -0.508 e. The summed E-state index contributed by atoms with van der Waals surface area (Å²) in [6.45, 7) is 3.85. The van der Waals surface area contributed by atoms with Gasteiger partial charge in [-0.15, -0.1) is 0 Å². The quantitative estimate of drug-likeness (QED) is 0.570. The Morgan fingerprint density at radius 1 is 0.759 bits per heavy atom. The number of fused-ring (bicyclic) bond motifs is 3. The Bertz CT molecular complexity index is 1190. The van der Waals surface area contributed by atoms with Crippen LogP contribution in [0.25, 0.3) is 11.6 Å². The molecule has 0 aliphatic heterocycles. The maximum absolute atomic E-state index is 10.1. The average Bonchev–Trinajstić information content (AvgIpc) is 3.11. The van der Waals surface area contributed by atoms with E-state index in [1.807, 2.05) is 26.0 Å². The molecule has 0 radical (unpaired) electrons. The summed E-state index contributed by atoms with van der Waals surface area (Å²) >= 11 is 0. The molecule has 2 N–H and O–H groups in total. The highest BCUT2D eigenvalue weighted by atomic mass is 16.3. The lowest BCUT2D eigenvalue weighted by Gasteiger charge is -2.37. The first-order valence-corrected chi connectivity index (χ1v) is 9.82. The molecule has 0 amide bonds. The van der Waals surface area contributed by atoms with Crippen molar-refractivity contribution in [1.29, 1.82) is 0 Å². The van der Waals surface area contributed by atoms with Gasteiger partial charge >= 0.3 is 0 Å². The Labute approximate surface area is 170 Å². The van der Waals surface area contributed by atoms with Gasteiger partial charge in [0.25, 0.3) is 0 Å². The zero-order valence-electron chi connectivity index (χ0n) is 16.5. The number of allylic oxidation sites excluding steroid dienone is 5. The molecule has 3 aromatic rings. The van der Waals surface area contributed by atoms with E-state index in [0.717, 1.165) is 22.3 Å². The van der Waals surface area contributed by atoms with Crippen molar-refractivity contribution >= 4 is 11.6 Å². The van der Waals surface area contributed by atoms with E-state index in [-0.39, 0.29) is 0 Å². The van der Waals surface area contributed by atoms with E-state index in [9.17, 15) is 10.2 Å². The second kappa shape index (κ2) is 6.25. The molecule has 0 unspecified atom stereocenters. The molecule has 0 saturated heterocycles. The monoisotopic (exact) mass is 378 g/mol. The van der Waals surface area contributed by atoms with Crippen LogP contribution in [0.4, 0.5) is 0 Å². The second-order valence-corrected chi connectivity index (χ2v) is 7.90. The van der Waals surface area contributed by atoms with E-state index in [1.54, 1.807) is 12.1 Å². The van der Waals surface area contributed by atoms with Crippen LogP contribution >= 0.6 is 0 Å². The van der Waals surface area contributed by atoms with Gasteiger partial charge in [-0.25, -0.2) is 0 Å². The van der Waals surface area contributed by atoms with Gasteiger partial charge in [-0.2, -0.15) is 0 Å². The largest absolute Gasteiger partial charge is 0.508 e. The summed E-state index contributed by atoms with van der Waals surface area (Å²) < 4.78 is 0. The highest BCUT2D eigenvalue weighted by Gasteiger charge is 2.41. The smallest absolute Gasteiger partial charge is 0.118 e. The lowest BCUT2D eigenvalue weighted by molar-refractivity contribution is 0.470. The average molecular weight is 378 g/mol. The molecule has 0 spiro atoms. The summed E-state index contributed by atoms with van der Waals surface area (Å²) in [4.78, 5) is 0. The standard InChI is InChI=1S/C27H22O2/c1-17-14-20(9-11-25(17)28)27(21-10-12-26(29)18(2)15-21)13-5-8-23-22-7-4-3-6-19(22)16-24(23)27/h3-16,28-29H,1-2H3. The zero-order chi connectivity index (χ0) is 20.2. The zero-order valence-corrected chi connectivity index (χ0v) is 16.5. The summed E-state index contributed by atoms with van der Waals surface area (Å²) in [5.41, 5.74) is 8.28. The third-order valence-corrected chi connectivity index (χ3v) is 6.18. The van der Waals surface area contributed by atoms with Gasteiger partial charge < -0.3 is 10.2 Å². The summed E-state index contributed by atoms with van der Waals surface area (Å²) in [5.74, 6) is 0.593. The van der Waals surface area contributed by atoms with Crippen LogP contribution in [-0.4, -0.2) is 10.2 Å². The summed E-state index contributed by atoms with van der Waals surface area (Å²) in [7, 11) is 0. The molecule has 3 aromatic carbocycles. The molecule has 0 heterocycles. The fraction of sp³-hybridized carbons (Fsp3) is 0.111. The molecule has 29 heavy (non-hydrogen) atoms. The topological polar surface area (TPSA) is 40.5 Å². The van der Waals surface area contributed by atoms with Gasteiger partial charge in [0.2, 0.25) is 0 Å². The van der Waals surface area contributed by atoms with Crippen molar-refractivity contribution in [3.8, 4) is 11.5 Å². The number of aryl methyl sites for hydroxylation is 2. The molecular formula is C27H22O2. The van der Waals surface area contributed by atoms with Crippen molar-refractivity contribution in [2.24, 2.45) is 0 Å². The molecular weight excluding hydrogens is 356 g/mol. The fourth-order valence-corrected chi connectivity index (χ4v) is 4.60. The maximum Gasteiger partial charge on any atom is 0.118 e. The van der Waals surface area contributed by atoms with Gasteiger partial charge in [-0.05, 0) is 76.6 Å². The minimum atomic E-state index is -0.500. The second-order valence-electron chi connectivity index (χ2n) is 7.90. The molecule has 2 aliphatic rings. The van der Waals surface area contributed by atoms with E-state index in [4.69, 9.17) is 0 Å². The Morgan fingerprint density at radius 3 is 2.00 bits per heavy atom. The highest BCUT2D eigenvalue weighted by molar-refractivity contribution is 6.00. The van der Waals surface area contributed by atoms with Gasteiger partial charge in [0.05, 0.1) is 5.41 Å². The van der Waals surface area contributed by atoms with Crippen molar-refractivity contribution in [2.45, 2.75) is 19.3 Å². The van der Waals surface area contributed by atoms with E-state index in [1.165, 1.54) is 22.3 Å². The molecule has 0 aromatic heterocycles. The predicted octanol–water partition coefficient (Wildman–Crippen LogP) is 6.05. The van der Waals surface area contributed by atoms with E-state index in [2.05, 4.69) is 60.7 Å². The Balaban J connectivity index is 1.83. The Kier molecular flexibility index (Phi) is 3.78. The number of hydrogen-bond donors (Lipinski definition) is 2. The Hall–Kier alpha value is -3.52. The van der Waals surface area contributed by atoms with Crippen molar-refractivity contribution in [3.63, 3.8) is 0 Å². The molecule has 0 atom stereocenters. The summed E-state index contributed by atoms with van der Waals surface area (Å²) in [6.07, 6.45) is 8.80. The predicted molar refractivity (Wildman–Crippen MR) is 118 cm³/mol. The Morgan fingerprint density at radius 2 is 1.38 bits per heavy atom. The van der Waals surface area contributed by atoms with Crippen LogP contribution in [0.3, 0.4) is 0 Å². The fourth-order valence-electron chi connectivity index (χ4n) is 4.60. The number of aromatic hydroxyl groups is 2. The van der Waals surface area contributed by atoms with Crippen LogP contribution in [-0.2, 0) is 5.41 Å². The number of hydrogen-bond acceptors (Lipinski definition) is 2. The van der Waals surface area contributed by atoms with Gasteiger partial charge in [0.15, 0.2) is 0 Å². The first-order valence-electron chi connectivity index (χ1n) is 9.82. The van der Waals surface area contributed by atoms with Gasteiger partial charge in [0.1, 0.15) is 11.5 Å². The van der Waals surface area contributed by atoms with E-state index < -0.39 is 5.41 Å². The van der Waals surface area contributed by atoms with Gasteiger partial charge in [-0.3, -0.25) is 0 Å². The van der Waals surface area contributed by atoms with E-state index in [0.29, 0.717) is 11.5 Å². The first kappa shape index (κ1) is 17.6. The number of phenolic OH excluding ortho intramolecular Hbond substituents is 2. The molecule has 2 nitrogen and oxygen atoms in total. The molecule has 0 bridgehead atoms. The number of phenols is 2. The highest BCUT2D eigenvalue weighted by Crippen LogP contribution is 2.53. The molecule has 0 saturated carbocycles. The SMILES string of the molecule is Cc1cc(C2(c3ccc(O)c(C)c3)C=CC=C3C2=Cc2ccccc23)ccc1O. The lowest BCUT2D eigenvalue weighted by atomic mass is 9.65. The van der Waals surface area contributed by atoms with Gasteiger partial charge in [0, 0.05) is 0 Å². The molecule has 2 aliphatic carbocycles. The van der Waals surface area contributed by atoms with Crippen molar-refractivity contribution in [3.05, 3.63) is 118 Å². The van der Waals surface area contributed by atoms with Gasteiger partial charge in [-0.1, -0.05) is 66.8 Å². The van der Waals surface area contributed by atoms with E-state index >= 15 is 0 Å². The van der Waals surface area contributed by atoms with Crippen LogP contribution in [0.1, 0.15) is 33.4 Å². The van der Waals surface area contributed by atoms with Crippen LogP contribution in [0.5, 0.6) is 11.5 Å². The van der Waals surface area contributed by atoms with Crippen molar-refractivity contribution < 1.29 is 10.2 Å². The lowest BCUT2D eigenvalue weighted by Crippen LogP contribution is -2.29. The minimum absolute atomic E-state index is 0.296. The third kappa shape index (κ3) is 2.49. The van der Waals surface area contributed by atoms with Crippen LogP contribution in [0.2, 0.25) is 0 Å². The van der Waals surface area contributed by atoms with Crippen LogP contribution in [0, 0.1) is 13.8 Å². The molecule has 2 heteroatoms. The van der Waals surface area contributed by atoms with Crippen LogP contribution < -0.4 is 0 Å². The summed E-state index contributed by atoms with van der Waals surface area (Å²) in [6, 6.07) is 20.1. The number of rotatable bonds is 2.